The van der Waals surface area contributed by atoms with E-state index in [0.717, 1.165) is 40.4 Å². The first-order valence-electron chi connectivity index (χ1n) is 8.16. The van der Waals surface area contributed by atoms with Crippen molar-refractivity contribution in [3.8, 4) is 0 Å². The molecule has 0 atom stereocenters. The van der Waals surface area contributed by atoms with Crippen molar-refractivity contribution in [2.45, 2.75) is 39.5 Å². The molecule has 0 saturated heterocycles. The minimum atomic E-state index is 0.0688. The Balaban J connectivity index is 1.39. The van der Waals surface area contributed by atoms with Gasteiger partial charge < -0.3 is 9.84 Å². The third-order valence-corrected chi connectivity index (χ3v) is 5.11. The Kier molecular flexibility index (Phi) is 5.25. The highest BCUT2D eigenvalue weighted by Crippen LogP contribution is 2.22. The standard InChI is InChI=1S/C18H21N3O2S/c1-12-14(13(2)23-21-12)9-10-17(22)19-11-5-8-18-20-15-6-3-4-7-16(15)24-18/h3-4,6-7H,5,8-11H2,1-2H3,(H,19,22). The van der Waals surface area contributed by atoms with Gasteiger partial charge in [-0.15, -0.1) is 11.3 Å². The topological polar surface area (TPSA) is 68.0 Å². The zero-order valence-corrected chi connectivity index (χ0v) is 14.8. The van der Waals surface area contributed by atoms with E-state index < -0.39 is 0 Å². The van der Waals surface area contributed by atoms with E-state index in [1.807, 2.05) is 32.0 Å². The molecule has 2 aromatic heterocycles. The minimum Gasteiger partial charge on any atom is -0.361 e. The summed E-state index contributed by atoms with van der Waals surface area (Å²) in [6.45, 7) is 4.46. The predicted octanol–water partition coefficient (Wildman–Crippen LogP) is 3.58. The number of rotatable bonds is 7. The number of thiazole rings is 1. The molecular weight excluding hydrogens is 322 g/mol. The largest absolute Gasteiger partial charge is 0.361 e. The Labute approximate surface area is 145 Å². The van der Waals surface area contributed by atoms with Crippen LogP contribution in [-0.4, -0.2) is 22.6 Å². The molecule has 0 saturated carbocycles. The summed E-state index contributed by atoms with van der Waals surface area (Å²) in [7, 11) is 0. The fourth-order valence-corrected chi connectivity index (χ4v) is 3.69. The van der Waals surface area contributed by atoms with E-state index in [0.29, 0.717) is 19.4 Å². The van der Waals surface area contributed by atoms with Gasteiger partial charge in [-0.2, -0.15) is 0 Å². The number of amides is 1. The van der Waals surface area contributed by atoms with Gasteiger partial charge in [0.2, 0.25) is 5.91 Å². The molecule has 3 aromatic rings. The highest BCUT2D eigenvalue weighted by atomic mass is 32.1. The second-order valence-electron chi connectivity index (χ2n) is 5.83. The summed E-state index contributed by atoms with van der Waals surface area (Å²) in [5, 5.41) is 8.01. The summed E-state index contributed by atoms with van der Waals surface area (Å²) in [6.07, 6.45) is 2.93. The quantitative estimate of drug-likeness (QED) is 0.666. The monoisotopic (exact) mass is 343 g/mol. The van der Waals surface area contributed by atoms with Gasteiger partial charge in [0.25, 0.3) is 0 Å². The first-order valence-corrected chi connectivity index (χ1v) is 8.98. The van der Waals surface area contributed by atoms with Gasteiger partial charge in [-0.1, -0.05) is 17.3 Å². The lowest BCUT2D eigenvalue weighted by Gasteiger charge is -2.04. The summed E-state index contributed by atoms with van der Waals surface area (Å²) in [6, 6.07) is 8.16. The van der Waals surface area contributed by atoms with Crippen molar-refractivity contribution >= 4 is 27.5 Å². The van der Waals surface area contributed by atoms with Crippen LogP contribution in [0.25, 0.3) is 10.2 Å². The van der Waals surface area contributed by atoms with Crippen molar-refractivity contribution in [2.24, 2.45) is 0 Å². The van der Waals surface area contributed by atoms with Crippen LogP contribution in [0.3, 0.4) is 0 Å². The van der Waals surface area contributed by atoms with Gasteiger partial charge in [-0.25, -0.2) is 4.98 Å². The SMILES string of the molecule is Cc1noc(C)c1CCC(=O)NCCCc1nc2ccccc2s1. The zero-order chi connectivity index (χ0) is 16.9. The highest BCUT2D eigenvalue weighted by Gasteiger charge is 2.11. The average molecular weight is 343 g/mol. The minimum absolute atomic E-state index is 0.0688. The molecule has 126 valence electrons. The van der Waals surface area contributed by atoms with Gasteiger partial charge in [-0.05, 0) is 38.8 Å². The Morgan fingerprint density at radius 1 is 1.25 bits per heavy atom. The van der Waals surface area contributed by atoms with Crippen LogP contribution in [0.15, 0.2) is 28.8 Å². The van der Waals surface area contributed by atoms with Gasteiger partial charge in [0, 0.05) is 24.9 Å². The summed E-state index contributed by atoms with van der Waals surface area (Å²) in [5.74, 6) is 0.871. The molecule has 6 heteroatoms. The van der Waals surface area contributed by atoms with Gasteiger partial charge in [0.15, 0.2) is 0 Å². The van der Waals surface area contributed by atoms with Crippen LogP contribution in [-0.2, 0) is 17.6 Å². The fraction of sp³-hybridized carbons (Fsp3) is 0.389. The molecular formula is C18H21N3O2S. The molecule has 5 nitrogen and oxygen atoms in total. The number of carbonyl (C=O) groups is 1. The maximum absolute atomic E-state index is 11.9. The number of para-hydroxylation sites is 1. The van der Waals surface area contributed by atoms with Crippen LogP contribution in [0.5, 0.6) is 0 Å². The smallest absolute Gasteiger partial charge is 0.220 e. The molecule has 1 aromatic carbocycles. The molecule has 24 heavy (non-hydrogen) atoms. The number of fused-ring (bicyclic) bond motifs is 1. The van der Waals surface area contributed by atoms with Gasteiger partial charge >= 0.3 is 0 Å². The first kappa shape index (κ1) is 16.6. The zero-order valence-electron chi connectivity index (χ0n) is 14.0. The van der Waals surface area contributed by atoms with Crippen molar-refractivity contribution in [1.82, 2.24) is 15.5 Å². The summed E-state index contributed by atoms with van der Waals surface area (Å²) in [4.78, 5) is 16.5. The summed E-state index contributed by atoms with van der Waals surface area (Å²) in [5.41, 5.74) is 2.97. The molecule has 0 spiro atoms. The van der Waals surface area contributed by atoms with E-state index >= 15 is 0 Å². The Morgan fingerprint density at radius 3 is 2.83 bits per heavy atom. The van der Waals surface area contributed by atoms with Gasteiger partial charge in [0.1, 0.15) is 5.76 Å². The van der Waals surface area contributed by atoms with Crippen molar-refractivity contribution in [3.05, 3.63) is 46.3 Å². The van der Waals surface area contributed by atoms with E-state index in [1.165, 1.54) is 4.70 Å². The lowest BCUT2D eigenvalue weighted by atomic mass is 10.1. The number of carbonyl (C=O) groups excluding carboxylic acids is 1. The Hall–Kier alpha value is -2.21. The lowest BCUT2D eigenvalue weighted by molar-refractivity contribution is -0.121. The van der Waals surface area contributed by atoms with E-state index in [4.69, 9.17) is 4.52 Å². The summed E-state index contributed by atoms with van der Waals surface area (Å²) >= 11 is 1.73. The lowest BCUT2D eigenvalue weighted by Crippen LogP contribution is -2.25. The first-order chi connectivity index (χ1) is 11.6. The number of benzene rings is 1. The molecule has 0 aliphatic rings. The molecule has 3 rings (SSSR count). The molecule has 0 bridgehead atoms. The number of nitrogens with one attached hydrogen (secondary N) is 1. The molecule has 1 N–H and O–H groups in total. The Morgan fingerprint density at radius 2 is 2.08 bits per heavy atom. The number of aryl methyl sites for hydroxylation is 3. The molecule has 0 aliphatic carbocycles. The number of hydrogen-bond acceptors (Lipinski definition) is 5. The van der Waals surface area contributed by atoms with Crippen molar-refractivity contribution in [3.63, 3.8) is 0 Å². The Bertz CT molecular complexity index is 785. The number of hydrogen-bond donors (Lipinski definition) is 1. The predicted molar refractivity (Wildman–Crippen MR) is 95.2 cm³/mol. The normalized spacial score (nSPS) is 11.1. The van der Waals surface area contributed by atoms with Crippen LogP contribution >= 0.6 is 11.3 Å². The van der Waals surface area contributed by atoms with Crippen molar-refractivity contribution in [1.29, 1.82) is 0 Å². The van der Waals surface area contributed by atoms with Crippen LogP contribution in [0.1, 0.15) is 34.9 Å². The third kappa shape index (κ3) is 4.00. The molecule has 0 aliphatic heterocycles. The van der Waals surface area contributed by atoms with Gasteiger partial charge in [0.05, 0.1) is 20.9 Å². The third-order valence-electron chi connectivity index (χ3n) is 4.01. The molecule has 2 heterocycles. The number of aromatic nitrogens is 2. The fourth-order valence-electron chi connectivity index (χ4n) is 2.68. The second kappa shape index (κ2) is 7.57. The van der Waals surface area contributed by atoms with Crippen LogP contribution in [0.4, 0.5) is 0 Å². The molecule has 0 unspecified atom stereocenters. The van der Waals surface area contributed by atoms with Gasteiger partial charge in [-0.3, -0.25) is 4.79 Å². The number of nitrogens with zero attached hydrogens (tertiary/aromatic N) is 2. The van der Waals surface area contributed by atoms with Crippen LogP contribution < -0.4 is 5.32 Å². The van der Waals surface area contributed by atoms with E-state index in [2.05, 4.69) is 21.5 Å². The van der Waals surface area contributed by atoms with E-state index in [9.17, 15) is 4.79 Å². The maximum Gasteiger partial charge on any atom is 0.220 e. The highest BCUT2D eigenvalue weighted by molar-refractivity contribution is 7.18. The van der Waals surface area contributed by atoms with Crippen molar-refractivity contribution in [2.75, 3.05) is 6.54 Å². The molecule has 1 amide bonds. The van der Waals surface area contributed by atoms with Crippen molar-refractivity contribution < 1.29 is 9.32 Å². The van der Waals surface area contributed by atoms with Crippen LogP contribution in [0.2, 0.25) is 0 Å². The molecule has 0 radical (unpaired) electrons. The van der Waals surface area contributed by atoms with E-state index in [-0.39, 0.29) is 5.91 Å². The van der Waals surface area contributed by atoms with Crippen LogP contribution in [0, 0.1) is 13.8 Å². The maximum atomic E-state index is 11.9. The molecule has 0 fully saturated rings. The average Bonchev–Trinajstić information content (AvgIpc) is 3.13. The van der Waals surface area contributed by atoms with E-state index in [1.54, 1.807) is 11.3 Å². The second-order valence-corrected chi connectivity index (χ2v) is 6.95. The summed E-state index contributed by atoms with van der Waals surface area (Å²) < 4.78 is 6.33.